The Morgan fingerprint density at radius 3 is 2.56 bits per heavy atom. The molecule has 0 saturated carbocycles. The highest BCUT2D eigenvalue weighted by molar-refractivity contribution is 5.41. The Morgan fingerprint density at radius 2 is 1.89 bits per heavy atom. The van der Waals surface area contributed by atoms with Crippen molar-refractivity contribution in [2.75, 3.05) is 0 Å². The molecule has 0 saturated heterocycles. The van der Waals surface area contributed by atoms with Crippen LogP contribution in [0.1, 0.15) is 11.1 Å². The zero-order chi connectivity index (χ0) is 13.1. The second kappa shape index (κ2) is 5.14. The smallest absolute Gasteiger partial charge is 0.135 e. The number of hydrogen-bond acceptors (Lipinski definition) is 2. The highest BCUT2D eigenvalue weighted by Crippen LogP contribution is 2.29. The standard InChI is InChI=1S/C14H12F2O2/c1-9-7-10(15)5-6-13(9)18-14-4-2-3-12(16)11(14)8-17/h2-7,17H,8H2,1H3. The van der Waals surface area contributed by atoms with Crippen LogP contribution in [0.2, 0.25) is 0 Å². The van der Waals surface area contributed by atoms with E-state index in [1.54, 1.807) is 13.0 Å². The SMILES string of the molecule is Cc1cc(F)ccc1Oc1cccc(F)c1CO. The average Bonchev–Trinajstić information content (AvgIpc) is 2.33. The molecule has 0 aliphatic rings. The minimum absolute atomic E-state index is 0.0845. The monoisotopic (exact) mass is 250 g/mol. The minimum Gasteiger partial charge on any atom is -0.457 e. The van der Waals surface area contributed by atoms with E-state index in [0.29, 0.717) is 11.3 Å². The van der Waals surface area contributed by atoms with Gasteiger partial charge < -0.3 is 9.84 Å². The third-order valence-electron chi connectivity index (χ3n) is 2.59. The van der Waals surface area contributed by atoms with Gasteiger partial charge in [-0.3, -0.25) is 0 Å². The van der Waals surface area contributed by atoms with Crippen LogP contribution in [0.4, 0.5) is 8.78 Å². The molecule has 0 unspecified atom stereocenters. The summed E-state index contributed by atoms with van der Waals surface area (Å²) in [6.07, 6.45) is 0. The molecule has 1 N–H and O–H groups in total. The number of aliphatic hydroxyl groups is 1. The van der Waals surface area contributed by atoms with Crippen molar-refractivity contribution in [3.8, 4) is 11.5 Å². The summed E-state index contributed by atoms with van der Waals surface area (Å²) in [6, 6.07) is 8.35. The van der Waals surface area contributed by atoms with E-state index in [-0.39, 0.29) is 17.1 Å². The number of ether oxygens (including phenoxy) is 1. The van der Waals surface area contributed by atoms with E-state index in [1.165, 1.54) is 30.3 Å². The largest absolute Gasteiger partial charge is 0.457 e. The second-order valence-electron chi connectivity index (χ2n) is 3.89. The Bertz CT molecular complexity index is 568. The van der Waals surface area contributed by atoms with Gasteiger partial charge in [0.25, 0.3) is 0 Å². The molecule has 2 aromatic rings. The van der Waals surface area contributed by atoms with Gasteiger partial charge in [-0.1, -0.05) is 6.07 Å². The molecule has 0 fully saturated rings. The molecule has 2 aromatic carbocycles. The van der Waals surface area contributed by atoms with Crippen molar-refractivity contribution in [3.05, 3.63) is 59.2 Å². The molecule has 0 atom stereocenters. The van der Waals surface area contributed by atoms with Crippen molar-refractivity contribution in [3.63, 3.8) is 0 Å². The molecule has 4 heteroatoms. The zero-order valence-corrected chi connectivity index (χ0v) is 9.78. The molecule has 2 rings (SSSR count). The van der Waals surface area contributed by atoms with E-state index >= 15 is 0 Å². The van der Waals surface area contributed by atoms with Crippen LogP contribution in [-0.4, -0.2) is 5.11 Å². The predicted molar refractivity (Wildman–Crippen MR) is 63.5 cm³/mol. The highest BCUT2D eigenvalue weighted by atomic mass is 19.1. The van der Waals surface area contributed by atoms with Gasteiger partial charge in [0.2, 0.25) is 0 Å². The quantitative estimate of drug-likeness (QED) is 0.902. The number of aryl methyl sites for hydroxylation is 1. The second-order valence-corrected chi connectivity index (χ2v) is 3.89. The van der Waals surface area contributed by atoms with Gasteiger partial charge in [-0.15, -0.1) is 0 Å². The summed E-state index contributed by atoms with van der Waals surface area (Å²) < 4.78 is 31.9. The van der Waals surface area contributed by atoms with E-state index in [4.69, 9.17) is 9.84 Å². The van der Waals surface area contributed by atoms with Crippen molar-refractivity contribution in [1.29, 1.82) is 0 Å². The van der Waals surface area contributed by atoms with Gasteiger partial charge in [0.15, 0.2) is 0 Å². The first kappa shape index (κ1) is 12.5. The minimum atomic E-state index is -0.533. The summed E-state index contributed by atoms with van der Waals surface area (Å²) >= 11 is 0. The van der Waals surface area contributed by atoms with Crippen molar-refractivity contribution >= 4 is 0 Å². The molecular weight excluding hydrogens is 238 g/mol. The average molecular weight is 250 g/mol. The predicted octanol–water partition coefficient (Wildman–Crippen LogP) is 3.56. The van der Waals surface area contributed by atoms with E-state index in [9.17, 15) is 8.78 Å². The molecular formula is C14H12F2O2. The summed E-state index contributed by atoms with van der Waals surface area (Å²) in [5, 5.41) is 9.11. The molecule has 0 amide bonds. The van der Waals surface area contributed by atoms with Crippen LogP contribution in [-0.2, 0) is 6.61 Å². The maximum Gasteiger partial charge on any atom is 0.135 e. The molecule has 0 aliphatic carbocycles. The normalized spacial score (nSPS) is 10.4. The Morgan fingerprint density at radius 1 is 1.11 bits per heavy atom. The van der Waals surface area contributed by atoms with E-state index in [1.807, 2.05) is 0 Å². The molecule has 18 heavy (non-hydrogen) atoms. The lowest BCUT2D eigenvalue weighted by Gasteiger charge is -2.12. The summed E-state index contributed by atoms with van der Waals surface area (Å²) in [7, 11) is 0. The number of hydrogen-bond donors (Lipinski definition) is 1. The fourth-order valence-electron chi connectivity index (χ4n) is 1.63. The van der Waals surface area contributed by atoms with Crippen molar-refractivity contribution in [2.45, 2.75) is 13.5 Å². The van der Waals surface area contributed by atoms with E-state index in [2.05, 4.69) is 0 Å². The molecule has 0 heterocycles. The first-order valence-electron chi connectivity index (χ1n) is 5.44. The molecule has 0 bridgehead atoms. The lowest BCUT2D eigenvalue weighted by Crippen LogP contribution is -1.96. The summed E-state index contributed by atoms with van der Waals surface area (Å²) in [6.45, 7) is 1.23. The van der Waals surface area contributed by atoms with Crippen LogP contribution in [0, 0.1) is 18.6 Å². The Balaban J connectivity index is 2.37. The van der Waals surface area contributed by atoms with Crippen LogP contribution in [0.3, 0.4) is 0 Å². The molecule has 94 valence electrons. The summed E-state index contributed by atoms with van der Waals surface area (Å²) in [5.41, 5.74) is 0.685. The Kier molecular flexibility index (Phi) is 3.58. The molecule has 2 nitrogen and oxygen atoms in total. The van der Waals surface area contributed by atoms with Gasteiger partial charge in [0.1, 0.15) is 23.1 Å². The maximum atomic E-state index is 13.4. The Labute approximate surface area is 103 Å². The number of halogens is 2. The number of rotatable bonds is 3. The fourth-order valence-corrected chi connectivity index (χ4v) is 1.63. The van der Waals surface area contributed by atoms with Crippen molar-refractivity contribution in [1.82, 2.24) is 0 Å². The van der Waals surface area contributed by atoms with Crippen LogP contribution >= 0.6 is 0 Å². The summed E-state index contributed by atoms with van der Waals surface area (Å²) in [5.74, 6) is -0.236. The third kappa shape index (κ3) is 2.49. The van der Waals surface area contributed by atoms with Crippen LogP contribution < -0.4 is 4.74 Å². The molecule has 0 aliphatic heterocycles. The maximum absolute atomic E-state index is 13.4. The van der Waals surface area contributed by atoms with Gasteiger partial charge in [0.05, 0.1) is 12.2 Å². The summed E-state index contributed by atoms with van der Waals surface area (Å²) in [4.78, 5) is 0. The van der Waals surface area contributed by atoms with Gasteiger partial charge in [0, 0.05) is 0 Å². The molecule has 0 aromatic heterocycles. The topological polar surface area (TPSA) is 29.5 Å². The lowest BCUT2D eigenvalue weighted by atomic mass is 10.2. The number of aliphatic hydroxyl groups excluding tert-OH is 1. The first-order valence-corrected chi connectivity index (χ1v) is 5.44. The van der Waals surface area contributed by atoms with Crippen LogP contribution in [0.25, 0.3) is 0 Å². The van der Waals surface area contributed by atoms with E-state index in [0.717, 1.165) is 0 Å². The van der Waals surface area contributed by atoms with Gasteiger partial charge >= 0.3 is 0 Å². The van der Waals surface area contributed by atoms with Gasteiger partial charge in [-0.2, -0.15) is 0 Å². The lowest BCUT2D eigenvalue weighted by molar-refractivity contribution is 0.269. The first-order chi connectivity index (χ1) is 8.61. The number of benzene rings is 2. The van der Waals surface area contributed by atoms with Crippen molar-refractivity contribution < 1.29 is 18.6 Å². The molecule has 0 spiro atoms. The third-order valence-corrected chi connectivity index (χ3v) is 2.59. The fraction of sp³-hybridized carbons (Fsp3) is 0.143. The van der Waals surface area contributed by atoms with Crippen molar-refractivity contribution in [2.24, 2.45) is 0 Å². The van der Waals surface area contributed by atoms with Crippen LogP contribution in [0.5, 0.6) is 11.5 Å². The Hall–Kier alpha value is -1.94. The zero-order valence-electron chi connectivity index (χ0n) is 9.78. The van der Waals surface area contributed by atoms with Crippen LogP contribution in [0.15, 0.2) is 36.4 Å². The van der Waals surface area contributed by atoms with Gasteiger partial charge in [-0.05, 0) is 42.8 Å². The molecule has 0 radical (unpaired) electrons. The highest BCUT2D eigenvalue weighted by Gasteiger charge is 2.10. The van der Waals surface area contributed by atoms with E-state index < -0.39 is 12.4 Å². The van der Waals surface area contributed by atoms with Gasteiger partial charge in [-0.25, -0.2) is 8.78 Å².